The molecule has 21 heavy (non-hydrogen) atoms. The molecule has 2 rings (SSSR count). The highest BCUT2D eigenvalue weighted by molar-refractivity contribution is 5.97. The number of hydrogen-bond acceptors (Lipinski definition) is 3. The molecule has 0 atom stereocenters. The summed E-state index contributed by atoms with van der Waals surface area (Å²) in [6.45, 7) is 1.35. The van der Waals surface area contributed by atoms with E-state index in [1.165, 1.54) is 0 Å². The van der Waals surface area contributed by atoms with Gasteiger partial charge >= 0.3 is 5.97 Å². The van der Waals surface area contributed by atoms with Crippen molar-refractivity contribution < 1.29 is 19.4 Å². The van der Waals surface area contributed by atoms with Crippen molar-refractivity contribution in [3.63, 3.8) is 0 Å². The van der Waals surface area contributed by atoms with Crippen molar-refractivity contribution in [1.29, 1.82) is 0 Å². The van der Waals surface area contributed by atoms with Crippen LogP contribution in [0.25, 0.3) is 11.1 Å². The van der Waals surface area contributed by atoms with E-state index in [4.69, 9.17) is 9.84 Å². The maximum Gasteiger partial charge on any atom is 0.341 e. The molecular formula is C17H16O4. The second-order valence-electron chi connectivity index (χ2n) is 4.57. The molecule has 0 heterocycles. The standard InChI is InChI=1S/C17H16O4/c1-2-16(18)14-8-13(12-6-4-3-5-7-12)9-15(10-14)21-11-17(19)20/h3-10H,2,11H2,1H3,(H,19,20). The van der Waals surface area contributed by atoms with Gasteiger partial charge in [-0.05, 0) is 29.3 Å². The molecule has 0 fully saturated rings. The predicted molar refractivity (Wildman–Crippen MR) is 79.6 cm³/mol. The monoisotopic (exact) mass is 284 g/mol. The van der Waals surface area contributed by atoms with E-state index in [-0.39, 0.29) is 5.78 Å². The number of rotatable bonds is 6. The molecule has 0 saturated carbocycles. The average molecular weight is 284 g/mol. The van der Waals surface area contributed by atoms with Gasteiger partial charge in [0.25, 0.3) is 0 Å². The van der Waals surface area contributed by atoms with Gasteiger partial charge in [0.15, 0.2) is 12.4 Å². The Hall–Kier alpha value is -2.62. The molecule has 0 aromatic heterocycles. The first-order valence-electron chi connectivity index (χ1n) is 6.68. The maximum absolute atomic E-state index is 11.9. The van der Waals surface area contributed by atoms with Gasteiger partial charge in [0.05, 0.1) is 0 Å². The van der Waals surface area contributed by atoms with Gasteiger partial charge in [-0.1, -0.05) is 37.3 Å². The van der Waals surface area contributed by atoms with E-state index < -0.39 is 12.6 Å². The summed E-state index contributed by atoms with van der Waals surface area (Å²) in [5.41, 5.74) is 2.30. The van der Waals surface area contributed by atoms with Crippen LogP contribution in [0.1, 0.15) is 23.7 Å². The second kappa shape index (κ2) is 6.70. The van der Waals surface area contributed by atoms with Crippen molar-refractivity contribution in [3.8, 4) is 16.9 Å². The lowest BCUT2D eigenvalue weighted by atomic mass is 10.00. The minimum absolute atomic E-state index is 0.00652. The van der Waals surface area contributed by atoms with Crippen LogP contribution in [-0.2, 0) is 4.79 Å². The van der Waals surface area contributed by atoms with Crippen molar-refractivity contribution in [2.75, 3.05) is 6.61 Å². The number of hydrogen-bond donors (Lipinski definition) is 1. The summed E-state index contributed by atoms with van der Waals surface area (Å²) in [6.07, 6.45) is 0.386. The van der Waals surface area contributed by atoms with Crippen LogP contribution in [0.15, 0.2) is 48.5 Å². The van der Waals surface area contributed by atoms with Crippen molar-refractivity contribution in [2.45, 2.75) is 13.3 Å². The number of carboxylic acids is 1. The molecule has 0 amide bonds. The van der Waals surface area contributed by atoms with Crippen LogP contribution in [0.4, 0.5) is 0 Å². The third-order valence-corrected chi connectivity index (χ3v) is 3.02. The average Bonchev–Trinajstić information content (AvgIpc) is 2.52. The Balaban J connectivity index is 2.42. The topological polar surface area (TPSA) is 63.6 Å². The summed E-state index contributed by atoms with van der Waals surface area (Å²) in [6, 6.07) is 14.7. The lowest BCUT2D eigenvalue weighted by molar-refractivity contribution is -0.139. The van der Waals surface area contributed by atoms with Crippen LogP contribution in [0.3, 0.4) is 0 Å². The molecule has 2 aromatic rings. The molecule has 108 valence electrons. The molecule has 1 N–H and O–H groups in total. The zero-order valence-corrected chi connectivity index (χ0v) is 11.7. The molecule has 4 nitrogen and oxygen atoms in total. The van der Waals surface area contributed by atoms with E-state index in [2.05, 4.69) is 0 Å². The summed E-state index contributed by atoms with van der Waals surface area (Å²) in [7, 11) is 0. The van der Waals surface area contributed by atoms with Gasteiger partial charge < -0.3 is 9.84 Å². The Morgan fingerprint density at radius 1 is 1.05 bits per heavy atom. The molecule has 4 heteroatoms. The van der Waals surface area contributed by atoms with Gasteiger partial charge in [-0.15, -0.1) is 0 Å². The van der Waals surface area contributed by atoms with Crippen molar-refractivity contribution in [3.05, 3.63) is 54.1 Å². The molecule has 0 radical (unpaired) electrons. The zero-order valence-electron chi connectivity index (χ0n) is 11.7. The van der Waals surface area contributed by atoms with Gasteiger partial charge in [0.2, 0.25) is 0 Å². The lowest BCUT2D eigenvalue weighted by Crippen LogP contribution is -2.10. The normalized spacial score (nSPS) is 10.1. The van der Waals surface area contributed by atoms with Gasteiger partial charge in [0, 0.05) is 12.0 Å². The largest absolute Gasteiger partial charge is 0.482 e. The Bertz CT molecular complexity index is 647. The number of aliphatic carboxylic acids is 1. The summed E-state index contributed by atoms with van der Waals surface area (Å²) in [5.74, 6) is -0.674. The van der Waals surface area contributed by atoms with Gasteiger partial charge in [-0.2, -0.15) is 0 Å². The molecular weight excluding hydrogens is 268 g/mol. The minimum Gasteiger partial charge on any atom is -0.482 e. The molecule has 0 spiro atoms. The molecule has 0 unspecified atom stereocenters. The molecule has 2 aromatic carbocycles. The molecule has 0 saturated heterocycles. The maximum atomic E-state index is 11.9. The first-order valence-corrected chi connectivity index (χ1v) is 6.68. The Morgan fingerprint density at radius 3 is 2.38 bits per heavy atom. The van der Waals surface area contributed by atoms with E-state index in [9.17, 15) is 9.59 Å². The van der Waals surface area contributed by atoms with Gasteiger partial charge in [-0.25, -0.2) is 4.79 Å². The van der Waals surface area contributed by atoms with Crippen LogP contribution in [-0.4, -0.2) is 23.5 Å². The number of ether oxygens (including phenoxy) is 1. The Kier molecular flexibility index (Phi) is 4.72. The first kappa shape index (κ1) is 14.8. The smallest absolute Gasteiger partial charge is 0.341 e. The highest BCUT2D eigenvalue weighted by Gasteiger charge is 2.10. The molecule has 0 aliphatic carbocycles. The third kappa shape index (κ3) is 3.92. The summed E-state index contributed by atoms with van der Waals surface area (Å²) in [4.78, 5) is 22.5. The molecule has 0 bridgehead atoms. The summed E-state index contributed by atoms with van der Waals surface area (Å²) in [5, 5.41) is 8.69. The van der Waals surface area contributed by atoms with E-state index in [0.717, 1.165) is 11.1 Å². The zero-order chi connectivity index (χ0) is 15.2. The van der Waals surface area contributed by atoms with Gasteiger partial charge in [-0.3, -0.25) is 4.79 Å². The molecule has 0 aliphatic heterocycles. The van der Waals surface area contributed by atoms with Crippen LogP contribution >= 0.6 is 0 Å². The quantitative estimate of drug-likeness (QED) is 0.826. The fourth-order valence-electron chi connectivity index (χ4n) is 1.99. The third-order valence-electron chi connectivity index (χ3n) is 3.02. The number of carbonyl (C=O) groups is 2. The minimum atomic E-state index is -1.05. The number of Topliss-reactive ketones (excluding diaryl/α,β-unsaturated/α-hetero) is 1. The van der Waals surface area contributed by atoms with Crippen molar-refractivity contribution in [2.24, 2.45) is 0 Å². The van der Waals surface area contributed by atoms with Crippen LogP contribution < -0.4 is 4.74 Å². The lowest BCUT2D eigenvalue weighted by Gasteiger charge is -2.10. The van der Waals surface area contributed by atoms with Crippen LogP contribution in [0.2, 0.25) is 0 Å². The van der Waals surface area contributed by atoms with E-state index in [1.54, 1.807) is 25.1 Å². The predicted octanol–water partition coefficient (Wildman–Crippen LogP) is 3.41. The number of benzene rings is 2. The van der Waals surface area contributed by atoms with Crippen molar-refractivity contribution in [1.82, 2.24) is 0 Å². The van der Waals surface area contributed by atoms with Crippen molar-refractivity contribution >= 4 is 11.8 Å². The SMILES string of the molecule is CCC(=O)c1cc(OCC(=O)O)cc(-c2ccccc2)c1. The highest BCUT2D eigenvalue weighted by Crippen LogP contribution is 2.26. The van der Waals surface area contributed by atoms with E-state index >= 15 is 0 Å². The fourth-order valence-corrected chi connectivity index (χ4v) is 1.99. The first-order chi connectivity index (χ1) is 10.1. The van der Waals surface area contributed by atoms with Gasteiger partial charge in [0.1, 0.15) is 5.75 Å². The van der Waals surface area contributed by atoms with E-state index in [0.29, 0.717) is 17.7 Å². The second-order valence-corrected chi connectivity index (χ2v) is 4.57. The Labute approximate surface area is 123 Å². The number of carbonyl (C=O) groups excluding carboxylic acids is 1. The Morgan fingerprint density at radius 2 is 1.76 bits per heavy atom. The van der Waals surface area contributed by atoms with Crippen LogP contribution in [0, 0.1) is 0 Å². The fraction of sp³-hybridized carbons (Fsp3) is 0.176. The van der Waals surface area contributed by atoms with E-state index in [1.807, 2.05) is 30.3 Å². The summed E-state index contributed by atoms with van der Waals surface area (Å²) >= 11 is 0. The highest BCUT2D eigenvalue weighted by atomic mass is 16.5. The summed E-state index contributed by atoms with van der Waals surface area (Å²) < 4.78 is 5.21. The number of ketones is 1. The number of carboxylic acid groups (broad SMARTS) is 1. The van der Waals surface area contributed by atoms with Crippen LogP contribution in [0.5, 0.6) is 5.75 Å². The molecule has 0 aliphatic rings.